The summed E-state index contributed by atoms with van der Waals surface area (Å²) in [7, 11) is -3.87. The molecule has 0 spiro atoms. The van der Waals surface area contributed by atoms with Crippen LogP contribution in [0, 0.1) is 0 Å². The molecule has 0 amide bonds. The molecule has 124 valence electrons. The standard InChI is InChI=1S/C15H22FNO4S/c1-10(16)14(21-11(2)18)12-8-6-7-9-13(12)22(19,20)17-15(3,4)5/h6-10,14,17H,1-5H3/t10-,14-/m1/s1. The number of hydrogen-bond donors (Lipinski definition) is 1. The van der Waals surface area contributed by atoms with Gasteiger partial charge >= 0.3 is 5.97 Å². The molecule has 0 aliphatic heterocycles. The Balaban J connectivity index is 3.37. The molecule has 5 nitrogen and oxygen atoms in total. The van der Waals surface area contributed by atoms with Crippen LogP contribution in [-0.4, -0.2) is 26.1 Å². The van der Waals surface area contributed by atoms with Gasteiger partial charge in [0.05, 0.1) is 4.90 Å². The van der Waals surface area contributed by atoms with Gasteiger partial charge in [0.25, 0.3) is 0 Å². The van der Waals surface area contributed by atoms with Crippen molar-refractivity contribution in [3.8, 4) is 0 Å². The largest absolute Gasteiger partial charge is 0.455 e. The zero-order valence-electron chi connectivity index (χ0n) is 13.4. The number of carbonyl (C=O) groups excluding carboxylic acids is 1. The molecule has 2 atom stereocenters. The van der Waals surface area contributed by atoms with Crippen molar-refractivity contribution in [3.63, 3.8) is 0 Å². The first-order chi connectivity index (χ1) is 9.94. The molecule has 22 heavy (non-hydrogen) atoms. The Morgan fingerprint density at radius 1 is 1.27 bits per heavy atom. The summed E-state index contributed by atoms with van der Waals surface area (Å²) in [6.07, 6.45) is -2.82. The van der Waals surface area contributed by atoms with Crippen molar-refractivity contribution in [1.29, 1.82) is 0 Å². The average Bonchev–Trinajstić information content (AvgIpc) is 2.32. The lowest BCUT2D eigenvalue weighted by atomic mass is 10.1. The van der Waals surface area contributed by atoms with Crippen molar-refractivity contribution in [2.45, 2.75) is 57.3 Å². The van der Waals surface area contributed by atoms with Gasteiger partial charge in [0.15, 0.2) is 6.10 Å². The third-order valence-corrected chi connectivity index (χ3v) is 4.50. The van der Waals surface area contributed by atoms with Crippen molar-refractivity contribution >= 4 is 16.0 Å². The predicted molar refractivity (Wildman–Crippen MR) is 81.6 cm³/mol. The Morgan fingerprint density at radius 2 is 1.82 bits per heavy atom. The van der Waals surface area contributed by atoms with Crippen LogP contribution in [0.15, 0.2) is 29.2 Å². The minimum atomic E-state index is -3.87. The van der Waals surface area contributed by atoms with Crippen molar-refractivity contribution in [2.75, 3.05) is 0 Å². The van der Waals surface area contributed by atoms with E-state index in [-0.39, 0.29) is 10.5 Å². The third kappa shape index (κ3) is 5.06. The van der Waals surface area contributed by atoms with Crippen LogP contribution in [0.2, 0.25) is 0 Å². The zero-order chi connectivity index (χ0) is 17.1. The third-order valence-electron chi connectivity index (χ3n) is 2.67. The van der Waals surface area contributed by atoms with Gasteiger partial charge in [-0.25, -0.2) is 17.5 Å². The van der Waals surface area contributed by atoms with E-state index in [1.807, 2.05) is 0 Å². The van der Waals surface area contributed by atoms with Crippen LogP contribution in [0.5, 0.6) is 0 Å². The van der Waals surface area contributed by atoms with E-state index in [0.717, 1.165) is 6.92 Å². The molecule has 0 radical (unpaired) electrons. The van der Waals surface area contributed by atoms with Crippen LogP contribution in [0.25, 0.3) is 0 Å². The molecule has 0 saturated heterocycles. The Bertz CT molecular complexity index is 635. The van der Waals surface area contributed by atoms with Gasteiger partial charge in [0.1, 0.15) is 6.17 Å². The lowest BCUT2D eigenvalue weighted by Crippen LogP contribution is -2.41. The van der Waals surface area contributed by atoms with Gasteiger partial charge in [-0.3, -0.25) is 4.79 Å². The number of hydrogen-bond acceptors (Lipinski definition) is 4. The average molecular weight is 331 g/mol. The molecule has 0 aromatic heterocycles. The molecule has 1 N–H and O–H groups in total. The summed E-state index contributed by atoms with van der Waals surface area (Å²) in [5.41, 5.74) is -0.575. The Morgan fingerprint density at radius 3 is 2.27 bits per heavy atom. The summed E-state index contributed by atoms with van der Waals surface area (Å²) in [6, 6.07) is 5.92. The first kappa shape index (κ1) is 18.6. The molecule has 0 fully saturated rings. The van der Waals surface area contributed by atoms with E-state index in [4.69, 9.17) is 4.74 Å². The highest BCUT2D eigenvalue weighted by Crippen LogP contribution is 2.30. The fourth-order valence-corrected chi connectivity index (χ4v) is 3.67. The quantitative estimate of drug-likeness (QED) is 0.842. The van der Waals surface area contributed by atoms with E-state index in [9.17, 15) is 17.6 Å². The van der Waals surface area contributed by atoms with Gasteiger partial charge in [-0.2, -0.15) is 0 Å². The molecule has 0 unspecified atom stereocenters. The maximum Gasteiger partial charge on any atom is 0.303 e. The van der Waals surface area contributed by atoms with E-state index >= 15 is 0 Å². The van der Waals surface area contributed by atoms with Crippen LogP contribution in [0.1, 0.15) is 46.3 Å². The van der Waals surface area contributed by atoms with Gasteiger partial charge < -0.3 is 4.74 Å². The molecule has 1 aromatic rings. The van der Waals surface area contributed by atoms with E-state index in [2.05, 4.69) is 4.72 Å². The highest BCUT2D eigenvalue weighted by Gasteiger charge is 2.31. The summed E-state index contributed by atoms with van der Waals surface area (Å²) in [6.45, 7) is 7.48. The molecule has 1 rings (SSSR count). The van der Waals surface area contributed by atoms with E-state index in [1.165, 1.54) is 25.1 Å². The van der Waals surface area contributed by atoms with Crippen molar-refractivity contribution < 1.29 is 22.3 Å². The van der Waals surface area contributed by atoms with Crippen LogP contribution in [-0.2, 0) is 19.6 Å². The second-order valence-corrected chi connectivity index (χ2v) is 7.75. The number of carbonyl (C=O) groups is 1. The summed E-state index contributed by atoms with van der Waals surface area (Å²) in [4.78, 5) is 11.1. The van der Waals surface area contributed by atoms with E-state index < -0.39 is 33.8 Å². The second-order valence-electron chi connectivity index (χ2n) is 6.10. The van der Waals surface area contributed by atoms with Gasteiger partial charge in [-0.05, 0) is 33.8 Å². The summed E-state index contributed by atoms with van der Waals surface area (Å²) in [5, 5.41) is 0. The SMILES string of the molecule is CC(=O)O[C@@H](c1ccccc1S(=O)(=O)NC(C)(C)C)[C@@H](C)F. The van der Waals surface area contributed by atoms with Crippen molar-refractivity contribution in [3.05, 3.63) is 29.8 Å². The first-order valence-corrected chi connectivity index (χ1v) is 8.36. The van der Waals surface area contributed by atoms with Crippen LogP contribution >= 0.6 is 0 Å². The molecular formula is C15H22FNO4S. The highest BCUT2D eigenvalue weighted by molar-refractivity contribution is 7.89. The van der Waals surface area contributed by atoms with E-state index in [0.29, 0.717) is 0 Å². The van der Waals surface area contributed by atoms with Gasteiger partial charge in [-0.1, -0.05) is 18.2 Å². The van der Waals surface area contributed by atoms with Crippen molar-refractivity contribution in [1.82, 2.24) is 4.72 Å². The maximum absolute atomic E-state index is 13.8. The monoisotopic (exact) mass is 331 g/mol. The summed E-state index contributed by atoms with van der Waals surface area (Å²) < 4.78 is 46.3. The van der Waals surface area contributed by atoms with Crippen molar-refractivity contribution in [2.24, 2.45) is 0 Å². The number of benzene rings is 1. The smallest absolute Gasteiger partial charge is 0.303 e. The highest BCUT2D eigenvalue weighted by atomic mass is 32.2. The van der Waals surface area contributed by atoms with Gasteiger partial charge in [-0.15, -0.1) is 0 Å². The lowest BCUT2D eigenvalue weighted by molar-refractivity contribution is -0.150. The summed E-state index contributed by atoms with van der Waals surface area (Å²) in [5.74, 6) is -0.675. The maximum atomic E-state index is 13.8. The molecule has 1 aromatic carbocycles. The number of sulfonamides is 1. The topological polar surface area (TPSA) is 72.5 Å². The minimum absolute atomic E-state index is 0.0966. The molecule has 0 bridgehead atoms. The Hall–Kier alpha value is -1.47. The molecular weight excluding hydrogens is 309 g/mol. The lowest BCUT2D eigenvalue weighted by Gasteiger charge is -2.24. The first-order valence-electron chi connectivity index (χ1n) is 6.88. The molecule has 0 heterocycles. The summed E-state index contributed by atoms with van der Waals surface area (Å²) >= 11 is 0. The zero-order valence-corrected chi connectivity index (χ0v) is 14.2. The van der Waals surface area contributed by atoms with Crippen LogP contribution < -0.4 is 4.72 Å². The van der Waals surface area contributed by atoms with E-state index in [1.54, 1.807) is 26.8 Å². The van der Waals surface area contributed by atoms with Gasteiger partial charge in [0, 0.05) is 18.0 Å². The number of esters is 1. The van der Waals surface area contributed by atoms with Crippen LogP contribution in [0.3, 0.4) is 0 Å². The number of alkyl halides is 1. The molecule has 7 heteroatoms. The fraction of sp³-hybridized carbons (Fsp3) is 0.533. The van der Waals surface area contributed by atoms with Crippen LogP contribution in [0.4, 0.5) is 4.39 Å². The minimum Gasteiger partial charge on any atom is -0.455 e. The normalized spacial score (nSPS) is 15.2. The number of ether oxygens (including phenoxy) is 1. The molecule has 0 saturated carbocycles. The Labute approximate surface area is 130 Å². The number of nitrogens with one attached hydrogen (secondary N) is 1. The molecule has 0 aliphatic rings. The predicted octanol–water partition coefficient (Wildman–Crippen LogP) is 2.73. The second kappa shape index (κ2) is 6.75. The number of rotatable bonds is 5. The number of halogens is 1. The van der Waals surface area contributed by atoms with Gasteiger partial charge in [0.2, 0.25) is 10.0 Å². The molecule has 0 aliphatic carbocycles. The Kier molecular flexibility index (Phi) is 5.70. The fourth-order valence-electron chi connectivity index (χ4n) is 2.00.